The molecule has 0 fully saturated rings. The van der Waals surface area contributed by atoms with Gasteiger partial charge in [-0.15, -0.1) is 0 Å². The van der Waals surface area contributed by atoms with Gasteiger partial charge in [-0.3, -0.25) is 0 Å². The first-order valence-corrected chi connectivity index (χ1v) is 5.74. The molecule has 1 rings (SSSR count). The lowest BCUT2D eigenvalue weighted by molar-refractivity contribution is 0.957. The lowest BCUT2D eigenvalue weighted by Crippen LogP contribution is -2.09. The fourth-order valence-corrected chi connectivity index (χ4v) is 0.989. The van der Waals surface area contributed by atoms with E-state index in [1.165, 1.54) is 11.1 Å². The third-order valence-electron chi connectivity index (χ3n) is 1.61. The zero-order chi connectivity index (χ0) is 12.1. The van der Waals surface area contributed by atoms with E-state index in [2.05, 4.69) is 31.0 Å². The molecule has 0 atom stereocenters. The van der Waals surface area contributed by atoms with Gasteiger partial charge in [0.15, 0.2) is 0 Å². The van der Waals surface area contributed by atoms with Gasteiger partial charge in [0.1, 0.15) is 0 Å². The van der Waals surface area contributed by atoms with E-state index in [9.17, 15) is 0 Å². The SMILES string of the molecule is C=C/C=C(\C)C1=CNCC=C1.CC.CC. The lowest BCUT2D eigenvalue weighted by atomic mass is 10.1. The first kappa shape index (κ1) is 16.2. The summed E-state index contributed by atoms with van der Waals surface area (Å²) in [5, 5.41) is 3.15. The van der Waals surface area contributed by atoms with Crippen LogP contribution in [-0.2, 0) is 0 Å². The Morgan fingerprint density at radius 2 is 1.93 bits per heavy atom. The van der Waals surface area contributed by atoms with E-state index in [0.29, 0.717) is 0 Å². The van der Waals surface area contributed by atoms with Gasteiger partial charge in [-0.05, 0) is 18.1 Å². The highest BCUT2D eigenvalue weighted by Gasteiger charge is 1.96. The van der Waals surface area contributed by atoms with E-state index >= 15 is 0 Å². The fourth-order valence-electron chi connectivity index (χ4n) is 0.989. The van der Waals surface area contributed by atoms with Gasteiger partial charge >= 0.3 is 0 Å². The Kier molecular flexibility index (Phi) is 13.8. The molecule has 0 bridgehead atoms. The predicted octanol–water partition coefficient (Wildman–Crippen LogP) is 4.21. The van der Waals surface area contributed by atoms with Crippen molar-refractivity contribution >= 4 is 0 Å². The molecule has 0 amide bonds. The van der Waals surface area contributed by atoms with Gasteiger partial charge in [-0.1, -0.05) is 58.6 Å². The Balaban J connectivity index is 0. The van der Waals surface area contributed by atoms with Crippen LogP contribution in [0.2, 0.25) is 0 Å². The van der Waals surface area contributed by atoms with Gasteiger partial charge in [0.25, 0.3) is 0 Å². The van der Waals surface area contributed by atoms with Crippen LogP contribution in [0, 0.1) is 0 Å². The Labute approximate surface area is 95.3 Å². The zero-order valence-corrected chi connectivity index (χ0v) is 10.8. The van der Waals surface area contributed by atoms with Crippen LogP contribution in [0.5, 0.6) is 0 Å². The summed E-state index contributed by atoms with van der Waals surface area (Å²) in [5.41, 5.74) is 2.47. The second-order valence-electron chi connectivity index (χ2n) is 2.50. The van der Waals surface area contributed by atoms with Gasteiger partial charge in [0.2, 0.25) is 0 Å². The molecule has 15 heavy (non-hydrogen) atoms. The third-order valence-corrected chi connectivity index (χ3v) is 1.61. The Morgan fingerprint density at radius 1 is 1.33 bits per heavy atom. The molecule has 0 saturated heterocycles. The lowest BCUT2D eigenvalue weighted by Gasteiger charge is -2.07. The van der Waals surface area contributed by atoms with Gasteiger partial charge < -0.3 is 5.32 Å². The van der Waals surface area contributed by atoms with Gasteiger partial charge in [-0.25, -0.2) is 0 Å². The van der Waals surface area contributed by atoms with Crippen LogP contribution in [0.25, 0.3) is 0 Å². The van der Waals surface area contributed by atoms with Crippen LogP contribution >= 0.6 is 0 Å². The maximum atomic E-state index is 3.65. The fraction of sp³-hybridized carbons (Fsp3) is 0.429. The zero-order valence-electron chi connectivity index (χ0n) is 10.8. The monoisotopic (exact) mass is 207 g/mol. The summed E-state index contributed by atoms with van der Waals surface area (Å²) in [6.07, 6.45) is 10.1. The maximum Gasteiger partial charge on any atom is 0.0328 e. The Morgan fingerprint density at radius 3 is 2.33 bits per heavy atom. The molecule has 0 aromatic heterocycles. The molecule has 1 heteroatoms. The van der Waals surface area contributed by atoms with Crippen molar-refractivity contribution in [2.24, 2.45) is 0 Å². The van der Waals surface area contributed by atoms with Gasteiger partial charge in [0, 0.05) is 12.7 Å². The van der Waals surface area contributed by atoms with Crippen LogP contribution in [0.3, 0.4) is 0 Å². The molecule has 0 radical (unpaired) electrons. The third kappa shape index (κ3) is 7.80. The minimum Gasteiger partial charge on any atom is -0.387 e. The smallest absolute Gasteiger partial charge is 0.0328 e. The molecule has 1 aliphatic heterocycles. The van der Waals surface area contributed by atoms with Crippen LogP contribution < -0.4 is 5.32 Å². The number of hydrogen-bond acceptors (Lipinski definition) is 1. The molecule has 0 spiro atoms. The number of nitrogens with one attached hydrogen (secondary N) is 1. The molecule has 1 N–H and O–H groups in total. The second-order valence-corrected chi connectivity index (χ2v) is 2.50. The quantitative estimate of drug-likeness (QED) is 0.669. The molecule has 0 unspecified atom stereocenters. The molecule has 1 heterocycles. The highest BCUT2D eigenvalue weighted by molar-refractivity contribution is 5.40. The van der Waals surface area contributed by atoms with Crippen molar-refractivity contribution < 1.29 is 0 Å². The average molecular weight is 207 g/mol. The first-order chi connectivity index (χ1) is 7.34. The second kappa shape index (κ2) is 12.8. The van der Waals surface area contributed by atoms with Crippen LogP contribution in [0.1, 0.15) is 34.6 Å². The van der Waals surface area contributed by atoms with Crippen molar-refractivity contribution in [3.05, 3.63) is 48.2 Å². The molecular formula is C14H25N. The highest BCUT2D eigenvalue weighted by Crippen LogP contribution is 2.11. The summed E-state index contributed by atoms with van der Waals surface area (Å²) in [5.74, 6) is 0. The summed E-state index contributed by atoms with van der Waals surface area (Å²) in [6, 6.07) is 0. The Bertz CT molecular complexity index is 232. The van der Waals surface area contributed by atoms with Crippen molar-refractivity contribution in [2.45, 2.75) is 34.6 Å². The topological polar surface area (TPSA) is 12.0 Å². The molecule has 1 nitrogen and oxygen atoms in total. The van der Waals surface area contributed by atoms with Gasteiger partial charge in [0.05, 0.1) is 0 Å². The number of allylic oxidation sites excluding steroid dienone is 5. The van der Waals surface area contributed by atoms with Crippen molar-refractivity contribution in [1.82, 2.24) is 5.32 Å². The summed E-state index contributed by atoms with van der Waals surface area (Å²) in [7, 11) is 0. The molecule has 86 valence electrons. The predicted molar refractivity (Wildman–Crippen MR) is 71.9 cm³/mol. The van der Waals surface area contributed by atoms with E-state index in [4.69, 9.17) is 0 Å². The van der Waals surface area contributed by atoms with E-state index in [1.807, 2.05) is 40.0 Å². The van der Waals surface area contributed by atoms with E-state index in [1.54, 1.807) is 6.08 Å². The molecule has 0 aromatic rings. The number of dihydropyridines is 1. The molecular weight excluding hydrogens is 182 g/mol. The highest BCUT2D eigenvalue weighted by atomic mass is 14.8. The maximum absolute atomic E-state index is 3.65. The summed E-state index contributed by atoms with van der Waals surface area (Å²) in [6.45, 7) is 14.7. The summed E-state index contributed by atoms with van der Waals surface area (Å²) < 4.78 is 0. The van der Waals surface area contributed by atoms with E-state index in [0.717, 1.165) is 6.54 Å². The normalized spacial score (nSPS) is 13.4. The van der Waals surface area contributed by atoms with Crippen molar-refractivity contribution in [2.75, 3.05) is 6.54 Å². The van der Waals surface area contributed by atoms with Crippen molar-refractivity contribution in [3.8, 4) is 0 Å². The molecule has 1 aliphatic rings. The summed E-state index contributed by atoms with van der Waals surface area (Å²) in [4.78, 5) is 0. The number of hydrogen-bond donors (Lipinski definition) is 1. The average Bonchev–Trinajstić information content (AvgIpc) is 2.36. The van der Waals surface area contributed by atoms with Crippen molar-refractivity contribution in [3.63, 3.8) is 0 Å². The standard InChI is InChI=1S/C10H13N.2C2H6/c1-3-5-9(2)10-6-4-7-11-8-10;2*1-2/h3-6,8,11H,1,7H2,2H3;2*1-2H3/b9-5+;;. The largest absolute Gasteiger partial charge is 0.387 e. The van der Waals surface area contributed by atoms with E-state index in [-0.39, 0.29) is 0 Å². The van der Waals surface area contributed by atoms with Gasteiger partial charge in [-0.2, -0.15) is 0 Å². The first-order valence-electron chi connectivity index (χ1n) is 5.74. The molecule has 0 saturated carbocycles. The number of rotatable bonds is 2. The van der Waals surface area contributed by atoms with Crippen LogP contribution in [0.4, 0.5) is 0 Å². The van der Waals surface area contributed by atoms with Crippen molar-refractivity contribution in [1.29, 1.82) is 0 Å². The van der Waals surface area contributed by atoms with Crippen LogP contribution in [0.15, 0.2) is 48.2 Å². The molecule has 0 aliphatic carbocycles. The summed E-state index contributed by atoms with van der Waals surface area (Å²) >= 11 is 0. The minimum absolute atomic E-state index is 0.935. The molecule has 0 aromatic carbocycles. The van der Waals surface area contributed by atoms with Crippen LogP contribution in [-0.4, -0.2) is 6.54 Å². The minimum atomic E-state index is 0.935. The Hall–Kier alpha value is -1.24. The van der Waals surface area contributed by atoms with E-state index < -0.39 is 0 Å².